The largest absolute Gasteiger partial charge is 0.416 e. The van der Waals surface area contributed by atoms with Crippen molar-refractivity contribution < 1.29 is 27.6 Å². The standard InChI is InChI=1S/C17H19F3N4O3/c1-16(2,26)13-10-14(27-22-13)21-15(25)24-9-3-8-23(24)12-6-4-11(5-7-12)17(18,19)20/h4-7,10,26H,3,8-9H2,1-2H3,(H,21,25). The lowest BCUT2D eigenvalue weighted by Gasteiger charge is -2.29. The highest BCUT2D eigenvalue weighted by Crippen LogP contribution is 2.31. The Morgan fingerprint density at radius 2 is 1.89 bits per heavy atom. The van der Waals surface area contributed by atoms with Gasteiger partial charge in [-0.05, 0) is 44.5 Å². The number of nitrogens with one attached hydrogen (secondary N) is 1. The first kappa shape index (κ1) is 19.0. The summed E-state index contributed by atoms with van der Waals surface area (Å²) in [7, 11) is 0. The Morgan fingerprint density at radius 1 is 1.22 bits per heavy atom. The fourth-order valence-electron chi connectivity index (χ4n) is 2.71. The molecule has 0 aliphatic carbocycles. The average Bonchev–Trinajstić information content (AvgIpc) is 3.22. The van der Waals surface area contributed by atoms with Gasteiger partial charge in [-0.2, -0.15) is 13.2 Å². The van der Waals surface area contributed by atoms with Crippen LogP contribution >= 0.6 is 0 Å². The summed E-state index contributed by atoms with van der Waals surface area (Å²) in [5.74, 6) is 0.0661. The zero-order valence-corrected chi connectivity index (χ0v) is 14.7. The number of hydrogen-bond donors (Lipinski definition) is 2. The molecule has 1 aliphatic heterocycles. The molecule has 1 saturated heterocycles. The molecule has 1 aliphatic rings. The number of aliphatic hydroxyl groups is 1. The van der Waals surface area contributed by atoms with Crippen LogP contribution < -0.4 is 10.3 Å². The van der Waals surface area contributed by atoms with E-state index in [9.17, 15) is 23.1 Å². The number of carbonyl (C=O) groups excluding carboxylic acids is 1. The number of urea groups is 1. The van der Waals surface area contributed by atoms with Crippen LogP contribution in [-0.4, -0.2) is 34.4 Å². The highest BCUT2D eigenvalue weighted by molar-refractivity contribution is 5.89. The van der Waals surface area contributed by atoms with Gasteiger partial charge >= 0.3 is 12.2 Å². The van der Waals surface area contributed by atoms with Crippen LogP contribution in [0.15, 0.2) is 34.9 Å². The minimum Gasteiger partial charge on any atom is -0.384 e. The van der Waals surface area contributed by atoms with Gasteiger partial charge in [0.2, 0.25) is 5.88 Å². The van der Waals surface area contributed by atoms with Crippen molar-refractivity contribution >= 4 is 17.6 Å². The number of benzene rings is 1. The third-order valence-electron chi connectivity index (χ3n) is 4.13. The highest BCUT2D eigenvalue weighted by atomic mass is 19.4. The van der Waals surface area contributed by atoms with Gasteiger partial charge in [-0.1, -0.05) is 5.16 Å². The predicted octanol–water partition coefficient (Wildman–Crippen LogP) is 3.58. The first-order valence-corrected chi connectivity index (χ1v) is 8.28. The zero-order chi connectivity index (χ0) is 19.8. The fraction of sp³-hybridized carbons (Fsp3) is 0.412. The first-order valence-electron chi connectivity index (χ1n) is 8.28. The molecule has 27 heavy (non-hydrogen) atoms. The molecule has 2 N–H and O–H groups in total. The van der Waals surface area contributed by atoms with Gasteiger partial charge in [0.25, 0.3) is 0 Å². The monoisotopic (exact) mass is 384 g/mol. The lowest BCUT2D eigenvalue weighted by Crippen LogP contribution is -2.43. The number of carbonyl (C=O) groups is 1. The van der Waals surface area contributed by atoms with Crippen LogP contribution in [0.4, 0.5) is 29.5 Å². The number of hydrazine groups is 1. The molecule has 0 atom stereocenters. The lowest BCUT2D eigenvalue weighted by atomic mass is 10.1. The van der Waals surface area contributed by atoms with E-state index < -0.39 is 23.4 Å². The van der Waals surface area contributed by atoms with E-state index in [2.05, 4.69) is 10.5 Å². The summed E-state index contributed by atoms with van der Waals surface area (Å²) in [5, 5.41) is 19.1. The second-order valence-electron chi connectivity index (χ2n) is 6.71. The molecular weight excluding hydrogens is 365 g/mol. The number of anilines is 2. The van der Waals surface area contributed by atoms with Crippen LogP contribution in [-0.2, 0) is 11.8 Å². The van der Waals surface area contributed by atoms with E-state index in [0.29, 0.717) is 25.2 Å². The quantitative estimate of drug-likeness (QED) is 0.845. The maximum atomic E-state index is 12.7. The van der Waals surface area contributed by atoms with E-state index in [-0.39, 0.29) is 11.6 Å². The third-order valence-corrected chi connectivity index (χ3v) is 4.13. The van der Waals surface area contributed by atoms with Gasteiger partial charge in [0.1, 0.15) is 11.3 Å². The number of rotatable bonds is 3. The van der Waals surface area contributed by atoms with Crippen LogP contribution in [0.5, 0.6) is 0 Å². The van der Waals surface area contributed by atoms with Crippen molar-refractivity contribution in [3.8, 4) is 0 Å². The molecule has 2 amide bonds. The van der Waals surface area contributed by atoms with E-state index >= 15 is 0 Å². The molecular formula is C17H19F3N4O3. The molecule has 1 aromatic heterocycles. The van der Waals surface area contributed by atoms with Crippen molar-refractivity contribution in [1.82, 2.24) is 10.2 Å². The van der Waals surface area contributed by atoms with Gasteiger partial charge in [0.05, 0.1) is 11.3 Å². The minimum absolute atomic E-state index is 0.0661. The van der Waals surface area contributed by atoms with Gasteiger partial charge in [-0.3, -0.25) is 10.3 Å². The van der Waals surface area contributed by atoms with Crippen molar-refractivity contribution in [1.29, 1.82) is 0 Å². The fourth-order valence-corrected chi connectivity index (χ4v) is 2.71. The van der Waals surface area contributed by atoms with E-state index in [1.165, 1.54) is 37.1 Å². The lowest BCUT2D eigenvalue weighted by molar-refractivity contribution is -0.137. The Morgan fingerprint density at radius 3 is 2.44 bits per heavy atom. The Labute approximate surface area is 153 Å². The molecule has 0 spiro atoms. The maximum Gasteiger partial charge on any atom is 0.416 e. The van der Waals surface area contributed by atoms with Crippen LogP contribution in [0.3, 0.4) is 0 Å². The molecule has 2 heterocycles. The van der Waals surface area contributed by atoms with Crippen molar-refractivity contribution in [2.24, 2.45) is 0 Å². The van der Waals surface area contributed by atoms with Crippen molar-refractivity contribution in [3.05, 3.63) is 41.6 Å². The van der Waals surface area contributed by atoms with E-state index in [0.717, 1.165) is 12.1 Å². The maximum absolute atomic E-state index is 12.7. The van der Waals surface area contributed by atoms with Gasteiger partial charge < -0.3 is 9.63 Å². The summed E-state index contributed by atoms with van der Waals surface area (Å²) in [6, 6.07) is 5.53. The second-order valence-corrected chi connectivity index (χ2v) is 6.71. The van der Waals surface area contributed by atoms with Gasteiger partial charge in [0.15, 0.2) is 0 Å². The minimum atomic E-state index is -4.41. The molecule has 1 fully saturated rings. The van der Waals surface area contributed by atoms with E-state index in [4.69, 9.17) is 4.52 Å². The number of alkyl halides is 3. The summed E-state index contributed by atoms with van der Waals surface area (Å²) in [6.07, 6.45) is -3.75. The Bertz CT molecular complexity index is 812. The van der Waals surface area contributed by atoms with Crippen molar-refractivity contribution in [3.63, 3.8) is 0 Å². The van der Waals surface area contributed by atoms with Gasteiger partial charge in [-0.25, -0.2) is 9.80 Å². The second kappa shape index (κ2) is 6.76. The molecule has 1 aromatic carbocycles. The van der Waals surface area contributed by atoms with Gasteiger partial charge in [0, 0.05) is 19.2 Å². The summed E-state index contributed by atoms with van der Waals surface area (Å²) in [5.41, 5.74) is -1.22. The predicted molar refractivity (Wildman–Crippen MR) is 90.9 cm³/mol. The van der Waals surface area contributed by atoms with Crippen LogP contribution in [0.2, 0.25) is 0 Å². The number of aromatic nitrogens is 1. The summed E-state index contributed by atoms with van der Waals surface area (Å²) in [4.78, 5) is 12.5. The Hall–Kier alpha value is -2.75. The molecule has 0 bridgehead atoms. The zero-order valence-electron chi connectivity index (χ0n) is 14.7. The van der Waals surface area contributed by atoms with Crippen LogP contribution in [0.25, 0.3) is 0 Å². The Balaban J connectivity index is 1.72. The molecule has 0 radical (unpaired) electrons. The molecule has 3 rings (SSSR count). The number of halogens is 3. The number of hydrogen-bond acceptors (Lipinski definition) is 5. The van der Waals surface area contributed by atoms with Gasteiger partial charge in [-0.15, -0.1) is 0 Å². The average molecular weight is 384 g/mol. The highest BCUT2D eigenvalue weighted by Gasteiger charge is 2.32. The van der Waals surface area contributed by atoms with Crippen LogP contribution in [0.1, 0.15) is 31.5 Å². The first-order chi connectivity index (χ1) is 12.6. The summed E-state index contributed by atoms with van der Waals surface area (Å²) >= 11 is 0. The molecule has 7 nitrogen and oxygen atoms in total. The van der Waals surface area contributed by atoms with Crippen molar-refractivity contribution in [2.45, 2.75) is 32.0 Å². The van der Waals surface area contributed by atoms with E-state index in [1.54, 1.807) is 5.01 Å². The number of amides is 2. The number of nitrogens with zero attached hydrogens (tertiary/aromatic N) is 3. The third kappa shape index (κ3) is 4.16. The molecule has 10 heteroatoms. The Kier molecular flexibility index (Phi) is 4.77. The normalized spacial score (nSPS) is 15.3. The smallest absolute Gasteiger partial charge is 0.384 e. The summed E-state index contributed by atoms with van der Waals surface area (Å²) < 4.78 is 43.1. The molecule has 0 saturated carbocycles. The van der Waals surface area contributed by atoms with E-state index in [1.807, 2.05) is 0 Å². The molecule has 0 unspecified atom stereocenters. The van der Waals surface area contributed by atoms with Crippen LogP contribution in [0, 0.1) is 0 Å². The summed E-state index contributed by atoms with van der Waals surface area (Å²) in [6.45, 7) is 3.95. The molecule has 2 aromatic rings. The topological polar surface area (TPSA) is 81.8 Å². The molecule has 146 valence electrons. The van der Waals surface area contributed by atoms with Crippen molar-refractivity contribution in [2.75, 3.05) is 23.4 Å². The SMILES string of the molecule is CC(C)(O)c1cc(NC(=O)N2CCCN2c2ccc(C(F)(F)F)cc2)on1.